The zero-order chi connectivity index (χ0) is 13.1. The van der Waals surface area contributed by atoms with Crippen molar-refractivity contribution in [1.29, 1.82) is 0 Å². The van der Waals surface area contributed by atoms with Crippen molar-refractivity contribution in [2.75, 3.05) is 5.32 Å². The van der Waals surface area contributed by atoms with Gasteiger partial charge in [-0.2, -0.15) is 0 Å². The molecule has 8 heteroatoms. The summed E-state index contributed by atoms with van der Waals surface area (Å²) in [5.41, 5.74) is -0.0697. The van der Waals surface area contributed by atoms with E-state index in [9.17, 15) is 10.1 Å². The minimum Gasteiger partial charge on any atom is -0.444 e. The molecule has 2 heterocycles. The van der Waals surface area contributed by atoms with Gasteiger partial charge in [0.1, 0.15) is 12.0 Å². The number of nitrogens with zero attached hydrogens (tertiary/aromatic N) is 4. The third-order valence-electron chi connectivity index (χ3n) is 2.36. The standard InChI is InChI=1S/C10H13N5O3/c1-3-7-4-11-9(18-7)5-12-10-8(15(16)17)6-14(2)13-10/h4,6H,3,5H2,1-2H3,(H,12,13). The molecule has 0 saturated heterocycles. The molecule has 0 spiro atoms. The Balaban J connectivity index is 2.07. The molecule has 0 aliphatic carbocycles. The van der Waals surface area contributed by atoms with Gasteiger partial charge in [0, 0.05) is 13.5 Å². The van der Waals surface area contributed by atoms with E-state index in [4.69, 9.17) is 4.42 Å². The summed E-state index contributed by atoms with van der Waals surface area (Å²) in [5, 5.41) is 17.6. The molecular formula is C10H13N5O3. The molecule has 0 aliphatic rings. The van der Waals surface area contributed by atoms with Crippen molar-refractivity contribution in [2.45, 2.75) is 19.9 Å². The average molecular weight is 251 g/mol. The van der Waals surface area contributed by atoms with Crippen LogP contribution in [0.3, 0.4) is 0 Å². The van der Waals surface area contributed by atoms with Crippen LogP contribution in [0.4, 0.5) is 11.5 Å². The minimum atomic E-state index is -0.484. The Morgan fingerprint density at radius 1 is 1.61 bits per heavy atom. The van der Waals surface area contributed by atoms with Crippen molar-refractivity contribution in [3.63, 3.8) is 0 Å². The maximum atomic E-state index is 10.8. The monoisotopic (exact) mass is 251 g/mol. The second kappa shape index (κ2) is 4.86. The highest BCUT2D eigenvalue weighted by Crippen LogP contribution is 2.21. The number of nitrogens with one attached hydrogen (secondary N) is 1. The van der Waals surface area contributed by atoms with Crippen LogP contribution in [0.2, 0.25) is 0 Å². The lowest BCUT2D eigenvalue weighted by Crippen LogP contribution is -2.02. The summed E-state index contributed by atoms with van der Waals surface area (Å²) >= 11 is 0. The predicted molar refractivity (Wildman–Crippen MR) is 63.1 cm³/mol. The predicted octanol–water partition coefficient (Wildman–Crippen LogP) is 1.49. The van der Waals surface area contributed by atoms with Gasteiger partial charge in [0.05, 0.1) is 17.7 Å². The van der Waals surface area contributed by atoms with Crippen molar-refractivity contribution in [3.05, 3.63) is 34.2 Å². The summed E-state index contributed by atoms with van der Waals surface area (Å²) in [6.45, 7) is 2.22. The van der Waals surface area contributed by atoms with Crippen molar-refractivity contribution in [1.82, 2.24) is 14.8 Å². The second-order valence-electron chi connectivity index (χ2n) is 3.72. The molecule has 0 fully saturated rings. The van der Waals surface area contributed by atoms with E-state index in [0.29, 0.717) is 5.89 Å². The third kappa shape index (κ3) is 2.47. The summed E-state index contributed by atoms with van der Waals surface area (Å²) in [7, 11) is 1.62. The van der Waals surface area contributed by atoms with Gasteiger partial charge in [-0.05, 0) is 0 Å². The largest absolute Gasteiger partial charge is 0.444 e. The molecule has 8 nitrogen and oxygen atoms in total. The van der Waals surface area contributed by atoms with Crippen molar-refractivity contribution in [3.8, 4) is 0 Å². The normalized spacial score (nSPS) is 10.6. The summed E-state index contributed by atoms with van der Waals surface area (Å²) in [4.78, 5) is 14.3. The highest BCUT2D eigenvalue weighted by molar-refractivity contribution is 5.54. The topological polar surface area (TPSA) is 99.0 Å². The maximum absolute atomic E-state index is 10.8. The number of oxazole rings is 1. The van der Waals surface area contributed by atoms with Crippen LogP contribution in [0.5, 0.6) is 0 Å². The smallest absolute Gasteiger partial charge is 0.330 e. The van der Waals surface area contributed by atoms with Crippen LogP contribution < -0.4 is 5.32 Å². The van der Waals surface area contributed by atoms with Crippen molar-refractivity contribution < 1.29 is 9.34 Å². The number of aromatic nitrogens is 3. The van der Waals surface area contributed by atoms with Crippen LogP contribution in [0, 0.1) is 10.1 Å². The van der Waals surface area contributed by atoms with Crippen LogP contribution in [-0.4, -0.2) is 19.7 Å². The highest BCUT2D eigenvalue weighted by atomic mass is 16.6. The number of rotatable bonds is 5. The summed E-state index contributed by atoms with van der Waals surface area (Å²) in [6.07, 6.45) is 3.75. The highest BCUT2D eigenvalue weighted by Gasteiger charge is 2.18. The molecular weight excluding hydrogens is 238 g/mol. The SMILES string of the molecule is CCc1cnc(CNc2nn(C)cc2[N+](=O)[O-])o1. The fourth-order valence-electron chi connectivity index (χ4n) is 1.49. The zero-order valence-electron chi connectivity index (χ0n) is 10.1. The first-order valence-corrected chi connectivity index (χ1v) is 5.45. The van der Waals surface area contributed by atoms with Gasteiger partial charge in [0.25, 0.3) is 0 Å². The number of hydrogen-bond donors (Lipinski definition) is 1. The number of anilines is 1. The first-order chi connectivity index (χ1) is 8.60. The lowest BCUT2D eigenvalue weighted by molar-refractivity contribution is -0.384. The van der Waals surface area contributed by atoms with E-state index in [-0.39, 0.29) is 18.1 Å². The molecule has 2 aromatic rings. The summed E-state index contributed by atoms with van der Waals surface area (Å²) in [6, 6.07) is 0. The Morgan fingerprint density at radius 3 is 3.00 bits per heavy atom. The number of hydrogen-bond acceptors (Lipinski definition) is 6. The molecule has 0 unspecified atom stereocenters. The van der Waals surface area contributed by atoms with E-state index < -0.39 is 4.92 Å². The van der Waals surface area contributed by atoms with Gasteiger partial charge in [0.2, 0.25) is 11.7 Å². The van der Waals surface area contributed by atoms with Crippen LogP contribution in [0.15, 0.2) is 16.8 Å². The van der Waals surface area contributed by atoms with Gasteiger partial charge in [0.15, 0.2) is 0 Å². The Morgan fingerprint density at radius 2 is 2.39 bits per heavy atom. The van der Waals surface area contributed by atoms with E-state index in [1.165, 1.54) is 10.9 Å². The first kappa shape index (κ1) is 12.1. The Bertz CT molecular complexity index is 560. The van der Waals surface area contributed by atoms with Gasteiger partial charge in [-0.15, -0.1) is 5.10 Å². The first-order valence-electron chi connectivity index (χ1n) is 5.45. The second-order valence-corrected chi connectivity index (χ2v) is 3.72. The van der Waals surface area contributed by atoms with E-state index in [1.807, 2.05) is 6.92 Å². The fraction of sp³-hybridized carbons (Fsp3) is 0.400. The number of aryl methyl sites for hydroxylation is 2. The van der Waals surface area contributed by atoms with Crippen molar-refractivity contribution >= 4 is 11.5 Å². The molecule has 96 valence electrons. The molecule has 2 aromatic heterocycles. The Hall–Kier alpha value is -2.38. The zero-order valence-corrected chi connectivity index (χ0v) is 10.1. The van der Waals surface area contributed by atoms with E-state index in [2.05, 4.69) is 15.4 Å². The van der Waals surface area contributed by atoms with Crippen LogP contribution in [-0.2, 0) is 20.0 Å². The van der Waals surface area contributed by atoms with Gasteiger partial charge in [-0.3, -0.25) is 14.8 Å². The summed E-state index contributed by atoms with van der Waals surface area (Å²) < 4.78 is 6.77. The third-order valence-corrected chi connectivity index (χ3v) is 2.36. The maximum Gasteiger partial charge on any atom is 0.330 e. The molecule has 1 N–H and O–H groups in total. The molecule has 0 bridgehead atoms. The Kier molecular flexibility index (Phi) is 3.26. The molecule has 18 heavy (non-hydrogen) atoms. The molecule has 0 aliphatic heterocycles. The van der Waals surface area contributed by atoms with Gasteiger partial charge in [-0.25, -0.2) is 4.98 Å². The number of nitro groups is 1. The van der Waals surface area contributed by atoms with E-state index in [1.54, 1.807) is 13.2 Å². The summed E-state index contributed by atoms with van der Waals surface area (Å²) in [5.74, 6) is 1.47. The quantitative estimate of drug-likeness (QED) is 0.638. The van der Waals surface area contributed by atoms with Gasteiger partial charge >= 0.3 is 5.69 Å². The Labute approximate surface area is 103 Å². The minimum absolute atomic E-state index is 0.0697. The lowest BCUT2D eigenvalue weighted by atomic mass is 10.4. The lowest BCUT2D eigenvalue weighted by Gasteiger charge is -1.98. The average Bonchev–Trinajstić information content (AvgIpc) is 2.92. The fourth-order valence-corrected chi connectivity index (χ4v) is 1.49. The van der Waals surface area contributed by atoms with Crippen molar-refractivity contribution in [2.24, 2.45) is 7.05 Å². The van der Waals surface area contributed by atoms with Crippen LogP contribution in [0.1, 0.15) is 18.6 Å². The van der Waals surface area contributed by atoms with E-state index in [0.717, 1.165) is 12.2 Å². The van der Waals surface area contributed by atoms with Gasteiger partial charge in [-0.1, -0.05) is 6.92 Å². The molecule has 0 amide bonds. The van der Waals surface area contributed by atoms with Gasteiger partial charge < -0.3 is 9.73 Å². The molecule has 0 atom stereocenters. The van der Waals surface area contributed by atoms with E-state index >= 15 is 0 Å². The van der Waals surface area contributed by atoms with Crippen LogP contribution in [0.25, 0.3) is 0 Å². The molecule has 0 aromatic carbocycles. The molecule has 2 rings (SSSR count). The molecule has 0 saturated carbocycles. The van der Waals surface area contributed by atoms with Crippen LogP contribution >= 0.6 is 0 Å². The molecule has 0 radical (unpaired) electrons.